The van der Waals surface area contributed by atoms with Gasteiger partial charge in [0, 0.05) is 67.9 Å². The van der Waals surface area contributed by atoms with Crippen LogP contribution in [0.15, 0.2) is 249 Å². The molecule has 13 aromatic rings. The predicted octanol–water partition coefficient (Wildman–Crippen LogP) is 19.9. The van der Waals surface area contributed by atoms with Crippen molar-refractivity contribution in [2.45, 2.75) is 52.4 Å². The molecule has 0 saturated carbocycles. The van der Waals surface area contributed by atoms with E-state index in [1.807, 2.05) is 6.20 Å². The Morgan fingerprint density at radius 3 is 1.61 bits per heavy atom. The molecule has 0 N–H and O–H groups in total. The van der Waals surface area contributed by atoms with Gasteiger partial charge < -0.3 is 19.1 Å². The van der Waals surface area contributed by atoms with Gasteiger partial charge >= 0.3 is 0 Å². The topological polar surface area (TPSA) is 38.5 Å². The molecule has 0 aliphatic carbocycles. The fraction of sp³-hybridized carbons (Fsp3) is 0.122. The van der Waals surface area contributed by atoms with E-state index in [9.17, 15) is 0 Å². The minimum Gasteiger partial charge on any atom is -0.457 e. The highest BCUT2D eigenvalue weighted by Crippen LogP contribution is 2.54. The molecule has 6 nitrogen and oxygen atoms in total. The van der Waals surface area contributed by atoms with Crippen molar-refractivity contribution in [1.82, 2.24) is 14.1 Å². The van der Waals surface area contributed by atoms with Crippen LogP contribution in [0, 0.1) is 0 Å². The van der Waals surface area contributed by atoms with Gasteiger partial charge in [0.05, 0.1) is 39.1 Å². The van der Waals surface area contributed by atoms with Crippen molar-refractivity contribution in [3.05, 3.63) is 260 Å². The third-order valence-corrected chi connectivity index (χ3v) is 16.1. The standard InChI is InChI=1S/C74H61N5O/c1-73(2,3)52-26-17-25-51(43-52)60-33-20-36-68-72(60)77(71-58(49-21-9-7-10-22-49)31-19-32-59(71)50-23-11-8-12-24-50)48-76(68)54-27-18-28-56(45-54)80-57-38-39-63-64-46-55(78-65-34-15-13-29-61(65)62-30-14-16-35-66(62)78)37-40-67(64)79(69(63)47-57)70-44-53(41-42-75-70)74(4,5)6/h7-47H,48H2,1-6H3. The quantitative estimate of drug-likeness (QED) is 0.144. The van der Waals surface area contributed by atoms with Gasteiger partial charge in [0.25, 0.3) is 0 Å². The number of nitrogens with zero attached hydrogens (tertiary/aromatic N) is 5. The number of fused-ring (bicyclic) bond motifs is 7. The summed E-state index contributed by atoms with van der Waals surface area (Å²) < 4.78 is 11.7. The van der Waals surface area contributed by atoms with Gasteiger partial charge in [-0.1, -0.05) is 199 Å². The molecular weight excluding hydrogens is 975 g/mol. The first-order valence-electron chi connectivity index (χ1n) is 27.8. The third-order valence-electron chi connectivity index (χ3n) is 16.1. The van der Waals surface area contributed by atoms with Crippen LogP contribution in [-0.4, -0.2) is 20.8 Å². The lowest BCUT2D eigenvalue weighted by Gasteiger charge is -2.28. The summed E-state index contributed by atoms with van der Waals surface area (Å²) in [4.78, 5) is 10.1. The summed E-state index contributed by atoms with van der Waals surface area (Å²) in [5.41, 5.74) is 19.5. The van der Waals surface area contributed by atoms with Crippen LogP contribution in [0.3, 0.4) is 0 Å². The molecule has 80 heavy (non-hydrogen) atoms. The maximum absolute atomic E-state index is 7.04. The molecule has 1 aliphatic rings. The Kier molecular flexibility index (Phi) is 11.6. The Morgan fingerprint density at radius 2 is 0.925 bits per heavy atom. The Balaban J connectivity index is 0.902. The van der Waals surface area contributed by atoms with Crippen molar-refractivity contribution in [2.24, 2.45) is 0 Å². The van der Waals surface area contributed by atoms with Crippen LogP contribution >= 0.6 is 0 Å². The first-order chi connectivity index (χ1) is 38.9. The molecule has 0 radical (unpaired) electrons. The molecule has 1 aliphatic heterocycles. The van der Waals surface area contributed by atoms with Gasteiger partial charge in [-0.25, -0.2) is 4.98 Å². The number of ether oxygens (including phenoxy) is 1. The predicted molar refractivity (Wildman–Crippen MR) is 335 cm³/mol. The van der Waals surface area contributed by atoms with Gasteiger partial charge in [-0.2, -0.15) is 0 Å². The first kappa shape index (κ1) is 48.7. The zero-order chi connectivity index (χ0) is 54.3. The average Bonchev–Trinajstić information content (AvgIpc) is 4.30. The van der Waals surface area contributed by atoms with Gasteiger partial charge in [0.2, 0.25) is 0 Å². The minimum absolute atomic E-state index is 0.0201. The molecule has 10 aromatic carbocycles. The minimum atomic E-state index is -0.0688. The molecule has 0 fully saturated rings. The maximum atomic E-state index is 7.04. The van der Waals surface area contributed by atoms with Gasteiger partial charge in [-0.3, -0.25) is 4.57 Å². The van der Waals surface area contributed by atoms with Crippen LogP contribution in [0.5, 0.6) is 11.5 Å². The van der Waals surface area contributed by atoms with E-state index in [2.05, 4.69) is 303 Å². The second-order valence-corrected chi connectivity index (χ2v) is 23.3. The molecule has 6 heteroatoms. The lowest BCUT2D eigenvalue weighted by molar-refractivity contribution is 0.483. The zero-order valence-corrected chi connectivity index (χ0v) is 46.0. The van der Waals surface area contributed by atoms with Crippen LogP contribution < -0.4 is 14.5 Å². The third kappa shape index (κ3) is 8.38. The summed E-state index contributed by atoms with van der Waals surface area (Å²) in [6.07, 6.45) is 1.94. The maximum Gasteiger partial charge on any atom is 0.137 e. The fourth-order valence-corrected chi connectivity index (χ4v) is 12.1. The van der Waals surface area contributed by atoms with Crippen LogP contribution in [-0.2, 0) is 10.8 Å². The van der Waals surface area contributed by atoms with Crippen LogP contribution in [0.4, 0.5) is 22.7 Å². The van der Waals surface area contributed by atoms with E-state index in [1.165, 1.54) is 66.3 Å². The van der Waals surface area contributed by atoms with E-state index in [-0.39, 0.29) is 10.8 Å². The summed E-state index contributed by atoms with van der Waals surface area (Å²) in [6, 6.07) is 88.0. The van der Waals surface area contributed by atoms with Crippen molar-refractivity contribution < 1.29 is 4.74 Å². The molecule has 0 unspecified atom stereocenters. The Morgan fingerprint density at radius 1 is 0.362 bits per heavy atom. The molecule has 0 amide bonds. The van der Waals surface area contributed by atoms with E-state index < -0.39 is 0 Å². The number of rotatable bonds is 9. The SMILES string of the molecule is CC(C)(C)c1cccc(-c2cccc3c2N(c2c(-c4ccccc4)cccc2-c2ccccc2)CN3c2cccc(Oc3ccc4c5cc(-n6c7ccccc7c7ccccc76)ccc5n(-c5cc(C(C)(C)C)ccn5)c4c3)c2)c1. The first-order valence-corrected chi connectivity index (χ1v) is 27.8. The molecule has 0 saturated heterocycles. The number of hydrogen-bond donors (Lipinski definition) is 0. The molecule has 0 atom stereocenters. The highest BCUT2D eigenvalue weighted by molar-refractivity contribution is 6.12. The van der Waals surface area contributed by atoms with Gasteiger partial charge in [0.1, 0.15) is 24.0 Å². The number of pyridine rings is 1. The van der Waals surface area contributed by atoms with E-state index in [0.717, 1.165) is 67.6 Å². The van der Waals surface area contributed by atoms with Crippen LogP contribution in [0.2, 0.25) is 0 Å². The fourth-order valence-electron chi connectivity index (χ4n) is 12.1. The lowest BCUT2D eigenvalue weighted by Crippen LogP contribution is -2.25. The average molecular weight is 1040 g/mol. The van der Waals surface area contributed by atoms with Crippen LogP contribution in [0.25, 0.3) is 88.5 Å². The lowest BCUT2D eigenvalue weighted by atomic mass is 9.85. The Bertz CT molecular complexity index is 4410. The molecule has 14 rings (SSSR count). The van der Waals surface area contributed by atoms with Gasteiger partial charge in [0.15, 0.2) is 0 Å². The molecule has 0 bridgehead atoms. The second-order valence-electron chi connectivity index (χ2n) is 23.3. The Labute approximate surface area is 468 Å². The molecule has 3 aromatic heterocycles. The van der Waals surface area contributed by atoms with Crippen molar-refractivity contribution in [2.75, 3.05) is 16.5 Å². The largest absolute Gasteiger partial charge is 0.457 e. The molecular formula is C74H61N5O. The number of aromatic nitrogens is 3. The Hall–Kier alpha value is -9.65. The van der Waals surface area contributed by atoms with Crippen molar-refractivity contribution >= 4 is 66.4 Å². The second kappa shape index (κ2) is 19.1. The number of hydrogen-bond acceptors (Lipinski definition) is 4. The molecule has 4 heterocycles. The van der Waals surface area contributed by atoms with Crippen molar-refractivity contribution in [1.29, 1.82) is 0 Å². The van der Waals surface area contributed by atoms with Crippen molar-refractivity contribution in [3.8, 4) is 56.4 Å². The van der Waals surface area contributed by atoms with Gasteiger partial charge in [-0.05, 0) is 111 Å². The molecule has 388 valence electrons. The smallest absolute Gasteiger partial charge is 0.137 e. The number of anilines is 4. The number of para-hydroxylation sites is 4. The van der Waals surface area contributed by atoms with Gasteiger partial charge in [-0.15, -0.1) is 0 Å². The van der Waals surface area contributed by atoms with E-state index in [4.69, 9.17) is 9.72 Å². The summed E-state index contributed by atoms with van der Waals surface area (Å²) >= 11 is 0. The highest BCUT2D eigenvalue weighted by Gasteiger charge is 2.34. The van der Waals surface area contributed by atoms with Crippen LogP contribution in [0.1, 0.15) is 52.7 Å². The van der Waals surface area contributed by atoms with E-state index >= 15 is 0 Å². The summed E-state index contributed by atoms with van der Waals surface area (Å²) in [6.45, 7) is 14.2. The number of benzene rings is 10. The summed E-state index contributed by atoms with van der Waals surface area (Å²) in [5.74, 6) is 2.35. The van der Waals surface area contributed by atoms with Crippen molar-refractivity contribution in [3.63, 3.8) is 0 Å². The normalized spacial score (nSPS) is 12.8. The summed E-state index contributed by atoms with van der Waals surface area (Å²) in [7, 11) is 0. The summed E-state index contributed by atoms with van der Waals surface area (Å²) in [5, 5.41) is 4.74. The zero-order valence-electron chi connectivity index (χ0n) is 46.0. The van der Waals surface area contributed by atoms with E-state index in [1.54, 1.807) is 0 Å². The highest BCUT2D eigenvalue weighted by atomic mass is 16.5. The molecule has 0 spiro atoms. The van der Waals surface area contributed by atoms with E-state index in [0.29, 0.717) is 6.67 Å². The monoisotopic (exact) mass is 1040 g/mol.